The van der Waals surface area contributed by atoms with E-state index < -0.39 is 43.0 Å². The summed E-state index contributed by atoms with van der Waals surface area (Å²) in [6.07, 6.45) is -2.68. The van der Waals surface area contributed by atoms with Crippen LogP contribution in [0.3, 0.4) is 0 Å². The molecule has 1 fully saturated rings. The molecule has 1 saturated heterocycles. The molecule has 0 unspecified atom stereocenters. The monoisotopic (exact) mass is 464 g/mol. The Morgan fingerprint density at radius 1 is 1.09 bits per heavy atom. The van der Waals surface area contributed by atoms with Gasteiger partial charge in [0.2, 0.25) is 0 Å². The number of hydrogen-bond acceptors (Lipinski definition) is 6. The van der Waals surface area contributed by atoms with Gasteiger partial charge in [-0.15, -0.1) is 0 Å². The topological polar surface area (TPSA) is 99.4 Å². The number of hydrogen-bond donors (Lipinski definition) is 4. The Morgan fingerprint density at radius 3 is 2.44 bits per heavy atom. The van der Waals surface area contributed by atoms with Gasteiger partial charge in [-0.3, -0.25) is 0 Å². The molecule has 1 heterocycles. The summed E-state index contributed by atoms with van der Waals surface area (Å²) in [4.78, 5) is 0. The number of halogens is 1. The van der Waals surface area contributed by atoms with Crippen LogP contribution in [0, 0.1) is 5.92 Å². The van der Waals surface area contributed by atoms with Crippen LogP contribution in [0.2, 0.25) is 5.02 Å². The third kappa shape index (κ3) is 6.01. The Bertz CT molecular complexity index is 856. The molecule has 32 heavy (non-hydrogen) atoms. The van der Waals surface area contributed by atoms with E-state index in [1.54, 1.807) is 13.0 Å². The molecule has 1 aliphatic heterocycles. The Balaban J connectivity index is 1.86. The second-order valence-corrected chi connectivity index (χ2v) is 8.86. The Kier molecular flexibility index (Phi) is 8.94. The summed E-state index contributed by atoms with van der Waals surface area (Å²) in [5, 5.41) is 41.1. The molecule has 0 amide bonds. The minimum Gasteiger partial charge on any atom is -0.494 e. The molecule has 176 valence electrons. The van der Waals surface area contributed by atoms with Gasteiger partial charge in [0, 0.05) is 10.9 Å². The van der Waals surface area contributed by atoms with Gasteiger partial charge in [0.15, 0.2) is 0 Å². The van der Waals surface area contributed by atoms with Crippen molar-refractivity contribution in [3.8, 4) is 5.75 Å². The van der Waals surface area contributed by atoms with Crippen LogP contribution in [-0.4, -0.2) is 58.1 Å². The second-order valence-electron chi connectivity index (χ2n) is 8.45. The third-order valence-corrected chi connectivity index (χ3v) is 6.37. The lowest BCUT2D eigenvalue weighted by molar-refractivity contribution is -0.213. The van der Waals surface area contributed by atoms with Crippen molar-refractivity contribution >= 4 is 11.6 Å². The number of benzene rings is 2. The van der Waals surface area contributed by atoms with E-state index in [4.69, 9.17) is 21.1 Å². The summed E-state index contributed by atoms with van der Waals surface area (Å²) in [5.74, 6) is 0.386. The number of ether oxygens (including phenoxy) is 2. The summed E-state index contributed by atoms with van der Waals surface area (Å²) in [7, 11) is 0. The lowest BCUT2D eigenvalue weighted by Gasteiger charge is -2.43. The highest BCUT2D eigenvalue weighted by molar-refractivity contribution is 6.31. The van der Waals surface area contributed by atoms with Crippen LogP contribution in [0.25, 0.3) is 0 Å². The van der Waals surface area contributed by atoms with Crippen LogP contribution in [-0.2, 0) is 11.2 Å². The van der Waals surface area contributed by atoms with E-state index in [0.717, 1.165) is 22.4 Å². The normalized spacial score (nSPS) is 26.7. The molecule has 1 aliphatic rings. The summed E-state index contributed by atoms with van der Waals surface area (Å²) >= 11 is 6.48. The highest BCUT2D eigenvalue weighted by atomic mass is 35.5. The quantitative estimate of drug-likeness (QED) is 0.454. The van der Waals surface area contributed by atoms with Crippen molar-refractivity contribution in [3.63, 3.8) is 0 Å². The fourth-order valence-electron chi connectivity index (χ4n) is 4.25. The van der Waals surface area contributed by atoms with Crippen molar-refractivity contribution in [2.75, 3.05) is 13.2 Å². The molecule has 4 N–H and O–H groups in total. The molecule has 0 spiro atoms. The zero-order valence-electron chi connectivity index (χ0n) is 18.5. The van der Waals surface area contributed by atoms with Crippen LogP contribution in [0.5, 0.6) is 5.75 Å². The van der Waals surface area contributed by atoms with Gasteiger partial charge >= 0.3 is 0 Å². The van der Waals surface area contributed by atoms with Crippen LogP contribution in [0.4, 0.5) is 0 Å². The smallest absolute Gasteiger partial charge is 0.119 e. The largest absolute Gasteiger partial charge is 0.494 e. The van der Waals surface area contributed by atoms with Gasteiger partial charge in [-0.1, -0.05) is 35.9 Å². The van der Waals surface area contributed by atoms with Crippen LogP contribution in [0.1, 0.15) is 49.5 Å². The number of aliphatic hydroxyl groups is 4. The Hall–Kier alpha value is -1.67. The molecule has 6 atom stereocenters. The predicted molar refractivity (Wildman–Crippen MR) is 123 cm³/mol. The minimum absolute atomic E-state index is 0.398. The van der Waals surface area contributed by atoms with E-state index in [1.807, 2.05) is 43.3 Å². The van der Waals surface area contributed by atoms with Crippen LogP contribution < -0.4 is 4.74 Å². The number of rotatable bonds is 9. The molecule has 0 bridgehead atoms. The standard InChI is InChI=1S/C25H33ClO6/c1-3-31-19-8-5-16(6-9-19)12-18-13-17(7-11-21(18)26)25-20(10-4-15(2)28)23(29)24(30)22(14-27)32-25/h5-9,11,13,15,20,22-25,27-30H,3-4,10,12,14H2,1-2H3/t15-,20-,22-,23-,24-,25+/m1/s1. The van der Waals surface area contributed by atoms with E-state index in [9.17, 15) is 20.4 Å². The van der Waals surface area contributed by atoms with Crippen LogP contribution in [0.15, 0.2) is 42.5 Å². The Labute approximate surface area is 194 Å². The van der Waals surface area contributed by atoms with Crippen molar-refractivity contribution in [3.05, 3.63) is 64.2 Å². The number of aliphatic hydroxyl groups excluding tert-OH is 4. The highest BCUT2D eigenvalue weighted by Gasteiger charge is 2.44. The molecule has 0 aromatic heterocycles. The van der Waals surface area contributed by atoms with Gasteiger partial charge in [-0.2, -0.15) is 0 Å². The van der Waals surface area contributed by atoms with Crippen molar-refractivity contribution in [1.82, 2.24) is 0 Å². The van der Waals surface area contributed by atoms with E-state index in [2.05, 4.69) is 0 Å². The SMILES string of the molecule is CCOc1ccc(Cc2cc([C@@H]3O[C@H](CO)[C@@H](O)[C@H](O)[C@H]3CC[C@@H](C)O)ccc2Cl)cc1. The lowest BCUT2D eigenvalue weighted by Crippen LogP contribution is -2.52. The molecule has 6 nitrogen and oxygen atoms in total. The van der Waals surface area contributed by atoms with E-state index in [-0.39, 0.29) is 0 Å². The van der Waals surface area contributed by atoms with Gasteiger partial charge in [0.05, 0.1) is 31.5 Å². The average Bonchev–Trinajstić information content (AvgIpc) is 2.77. The maximum Gasteiger partial charge on any atom is 0.119 e. The van der Waals surface area contributed by atoms with Crippen molar-refractivity contribution < 1.29 is 29.9 Å². The van der Waals surface area contributed by atoms with E-state index in [1.165, 1.54) is 0 Å². The first-order valence-electron chi connectivity index (χ1n) is 11.1. The molecule has 0 aliphatic carbocycles. The van der Waals surface area contributed by atoms with Gasteiger partial charge in [0.25, 0.3) is 0 Å². The van der Waals surface area contributed by atoms with Gasteiger partial charge in [-0.05, 0) is 68.0 Å². The first-order valence-corrected chi connectivity index (χ1v) is 11.5. The molecule has 3 rings (SSSR count). The van der Waals surface area contributed by atoms with Gasteiger partial charge in [0.1, 0.15) is 18.0 Å². The first kappa shape index (κ1) is 25.0. The minimum atomic E-state index is -1.19. The van der Waals surface area contributed by atoms with Gasteiger partial charge in [-0.25, -0.2) is 0 Å². The summed E-state index contributed by atoms with van der Waals surface area (Å²) in [5.41, 5.74) is 2.80. The Morgan fingerprint density at radius 2 is 1.81 bits per heavy atom. The van der Waals surface area contributed by atoms with Crippen molar-refractivity contribution in [2.24, 2.45) is 5.92 Å². The van der Waals surface area contributed by atoms with Crippen LogP contribution >= 0.6 is 11.6 Å². The zero-order valence-corrected chi connectivity index (χ0v) is 19.3. The molecule has 2 aromatic carbocycles. The molecular formula is C25H33ClO6. The van der Waals surface area contributed by atoms with E-state index >= 15 is 0 Å². The lowest BCUT2D eigenvalue weighted by atomic mass is 9.80. The molecule has 0 radical (unpaired) electrons. The summed E-state index contributed by atoms with van der Waals surface area (Å²) in [6.45, 7) is 3.85. The molecule has 0 saturated carbocycles. The molecule has 2 aromatic rings. The fourth-order valence-corrected chi connectivity index (χ4v) is 4.44. The molecular weight excluding hydrogens is 432 g/mol. The second kappa shape index (κ2) is 11.5. The predicted octanol–water partition coefficient (Wildman–Crippen LogP) is 3.26. The third-order valence-electron chi connectivity index (χ3n) is 6.00. The zero-order chi connectivity index (χ0) is 23.3. The molecule has 7 heteroatoms. The highest BCUT2D eigenvalue weighted by Crippen LogP contribution is 2.40. The first-order chi connectivity index (χ1) is 15.3. The van der Waals surface area contributed by atoms with Gasteiger partial charge < -0.3 is 29.9 Å². The van der Waals surface area contributed by atoms with E-state index in [0.29, 0.717) is 30.9 Å². The average molecular weight is 465 g/mol. The maximum atomic E-state index is 10.8. The fraction of sp³-hybridized carbons (Fsp3) is 0.520. The van der Waals surface area contributed by atoms with Crippen molar-refractivity contribution in [1.29, 1.82) is 0 Å². The van der Waals surface area contributed by atoms with Crippen molar-refractivity contribution in [2.45, 2.75) is 63.6 Å². The summed E-state index contributed by atoms with van der Waals surface area (Å²) in [6, 6.07) is 13.5. The maximum absolute atomic E-state index is 10.8. The summed E-state index contributed by atoms with van der Waals surface area (Å²) < 4.78 is 11.5.